The van der Waals surface area contributed by atoms with Gasteiger partial charge >= 0.3 is 0 Å². The van der Waals surface area contributed by atoms with Gasteiger partial charge in [-0.3, -0.25) is 0 Å². The number of benzene rings is 1. The van der Waals surface area contributed by atoms with E-state index in [-0.39, 0.29) is 22.1 Å². The van der Waals surface area contributed by atoms with Crippen LogP contribution in [-0.2, 0) is 15.3 Å². The van der Waals surface area contributed by atoms with Gasteiger partial charge in [0.15, 0.2) is 16.6 Å². The van der Waals surface area contributed by atoms with E-state index in [1.54, 1.807) is 0 Å². The molecular weight excluding hydrogens is 525 g/mol. The highest BCUT2D eigenvalue weighted by atomic mass is 28.4. The molecule has 0 amide bonds. The Bertz CT molecular complexity index is 1010. The summed E-state index contributed by atoms with van der Waals surface area (Å²) in [5.41, 5.74) is 1.53. The SMILES string of the molecule is CC(C)(C)[Si](C)(C)OCCCCc1ccccc1[C@H]1[C@H](O[Si](C)(C)C(C)(C)C)C=CC1(O)/C=C/CC1CCCC1. The van der Waals surface area contributed by atoms with Crippen LogP contribution in [0.25, 0.3) is 0 Å². The average molecular weight is 585 g/mol. The quantitative estimate of drug-likeness (QED) is 0.151. The molecule has 1 saturated carbocycles. The molecule has 1 aromatic rings. The third-order valence-electron chi connectivity index (χ3n) is 10.4. The second-order valence-corrected chi connectivity index (χ2v) is 25.2. The fourth-order valence-electron chi connectivity index (χ4n) is 5.66. The molecular formula is C35H60O3Si2. The molecule has 226 valence electrons. The van der Waals surface area contributed by atoms with Crippen molar-refractivity contribution >= 4 is 16.6 Å². The van der Waals surface area contributed by atoms with Gasteiger partial charge in [-0.05, 0) is 85.1 Å². The standard InChI is InChI=1S/C35H60O3Si2/c1-33(2,3)39(7,8)37-27-16-15-22-29-21-13-14-23-30(29)32-31(38-40(9,10)34(4,5)6)24-26-35(32,36)25-17-20-28-18-11-12-19-28/h13-14,17,21,23-26,28,31-32,36H,11-12,15-16,18-20,22,27H2,1-10H3/b25-17+/t31-,32+,35?/m1/s1. The first kappa shape index (κ1) is 33.5. The third-order valence-corrected chi connectivity index (χ3v) is 19.5. The van der Waals surface area contributed by atoms with Gasteiger partial charge < -0.3 is 14.0 Å². The summed E-state index contributed by atoms with van der Waals surface area (Å²) in [7, 11) is -3.76. The smallest absolute Gasteiger partial charge is 0.192 e. The summed E-state index contributed by atoms with van der Waals surface area (Å²) in [5, 5.41) is 12.5. The maximum absolute atomic E-state index is 12.2. The van der Waals surface area contributed by atoms with Crippen LogP contribution in [0.5, 0.6) is 0 Å². The minimum Gasteiger partial charge on any atom is -0.417 e. The zero-order valence-electron chi connectivity index (χ0n) is 27.5. The van der Waals surface area contributed by atoms with Gasteiger partial charge in [-0.2, -0.15) is 0 Å². The van der Waals surface area contributed by atoms with Crippen molar-refractivity contribution in [2.75, 3.05) is 6.61 Å². The predicted molar refractivity (Wildman–Crippen MR) is 177 cm³/mol. The van der Waals surface area contributed by atoms with E-state index >= 15 is 0 Å². The summed E-state index contributed by atoms with van der Waals surface area (Å²) >= 11 is 0. The van der Waals surface area contributed by atoms with Crippen molar-refractivity contribution in [3.8, 4) is 0 Å². The maximum Gasteiger partial charge on any atom is 0.192 e. The maximum atomic E-state index is 12.2. The Hall–Kier alpha value is -0.986. The van der Waals surface area contributed by atoms with Gasteiger partial charge in [-0.25, -0.2) is 0 Å². The van der Waals surface area contributed by atoms with Crippen LogP contribution in [0.3, 0.4) is 0 Å². The lowest BCUT2D eigenvalue weighted by molar-refractivity contribution is 0.0728. The number of rotatable bonds is 12. The van der Waals surface area contributed by atoms with Crippen LogP contribution >= 0.6 is 0 Å². The Labute approximate surface area is 249 Å². The Morgan fingerprint density at radius 1 is 0.925 bits per heavy atom. The van der Waals surface area contributed by atoms with Crippen LogP contribution in [-0.4, -0.2) is 40.1 Å². The molecule has 2 aliphatic carbocycles. The molecule has 0 spiro atoms. The molecule has 1 unspecified atom stereocenters. The van der Waals surface area contributed by atoms with Crippen LogP contribution in [0.1, 0.15) is 104 Å². The van der Waals surface area contributed by atoms with Crippen molar-refractivity contribution in [1.29, 1.82) is 0 Å². The Morgan fingerprint density at radius 2 is 1.55 bits per heavy atom. The topological polar surface area (TPSA) is 38.7 Å². The fraction of sp³-hybridized carbons (Fsp3) is 0.714. The second-order valence-electron chi connectivity index (χ2n) is 15.6. The summed E-state index contributed by atoms with van der Waals surface area (Å²) in [6, 6.07) is 8.76. The molecule has 1 fully saturated rings. The summed E-state index contributed by atoms with van der Waals surface area (Å²) < 4.78 is 13.5. The molecule has 0 radical (unpaired) electrons. The molecule has 0 bridgehead atoms. The van der Waals surface area contributed by atoms with Gasteiger partial charge in [0.05, 0.1) is 6.10 Å². The lowest BCUT2D eigenvalue weighted by Crippen LogP contribution is -2.46. The molecule has 1 aromatic carbocycles. The molecule has 2 aliphatic rings. The van der Waals surface area contributed by atoms with Crippen LogP contribution in [0, 0.1) is 5.92 Å². The van der Waals surface area contributed by atoms with Crippen molar-refractivity contribution < 1.29 is 14.0 Å². The van der Waals surface area contributed by atoms with Crippen molar-refractivity contribution in [3.63, 3.8) is 0 Å². The number of hydrogen-bond donors (Lipinski definition) is 1. The van der Waals surface area contributed by atoms with Gasteiger partial charge in [0.1, 0.15) is 5.60 Å². The summed E-state index contributed by atoms with van der Waals surface area (Å²) in [6.45, 7) is 23.9. The van der Waals surface area contributed by atoms with E-state index in [1.807, 2.05) is 6.08 Å². The molecule has 3 rings (SSSR count). The van der Waals surface area contributed by atoms with Crippen LogP contribution in [0.2, 0.25) is 36.3 Å². The van der Waals surface area contributed by atoms with Crippen molar-refractivity contribution in [2.45, 2.75) is 147 Å². The number of hydrogen-bond acceptors (Lipinski definition) is 3. The van der Waals surface area contributed by atoms with E-state index in [0.717, 1.165) is 38.2 Å². The van der Waals surface area contributed by atoms with Gasteiger partial charge in [-0.1, -0.05) is 110 Å². The zero-order chi connectivity index (χ0) is 29.8. The molecule has 40 heavy (non-hydrogen) atoms. The lowest BCUT2D eigenvalue weighted by Gasteiger charge is -2.41. The molecule has 0 aliphatic heterocycles. The average Bonchev–Trinajstić information content (AvgIpc) is 3.46. The van der Waals surface area contributed by atoms with E-state index in [4.69, 9.17) is 8.85 Å². The summed E-state index contributed by atoms with van der Waals surface area (Å²) in [6.07, 6.45) is 17.9. The molecule has 3 nitrogen and oxygen atoms in total. The van der Waals surface area contributed by atoms with E-state index in [9.17, 15) is 5.11 Å². The molecule has 3 atom stereocenters. The number of unbranched alkanes of at least 4 members (excludes halogenated alkanes) is 1. The minimum atomic E-state index is -2.05. The van der Waals surface area contributed by atoms with Crippen molar-refractivity contribution in [3.05, 3.63) is 59.7 Å². The lowest BCUT2D eigenvalue weighted by atomic mass is 9.79. The van der Waals surface area contributed by atoms with Crippen molar-refractivity contribution in [1.82, 2.24) is 0 Å². The van der Waals surface area contributed by atoms with Gasteiger partial charge in [0, 0.05) is 12.5 Å². The first-order valence-corrected chi connectivity index (χ1v) is 21.8. The van der Waals surface area contributed by atoms with Crippen LogP contribution in [0.15, 0.2) is 48.6 Å². The number of aryl methyl sites for hydroxylation is 1. The Morgan fingerprint density at radius 3 is 2.17 bits per heavy atom. The van der Waals surface area contributed by atoms with Gasteiger partial charge in [0.2, 0.25) is 0 Å². The van der Waals surface area contributed by atoms with E-state index in [2.05, 4.69) is 110 Å². The molecule has 5 heteroatoms. The zero-order valence-corrected chi connectivity index (χ0v) is 29.5. The molecule has 0 aromatic heterocycles. The normalized spacial score (nSPS) is 25.0. The van der Waals surface area contributed by atoms with Gasteiger partial charge in [-0.15, -0.1) is 0 Å². The monoisotopic (exact) mass is 584 g/mol. The third kappa shape index (κ3) is 8.31. The predicted octanol–water partition coefficient (Wildman–Crippen LogP) is 9.94. The van der Waals surface area contributed by atoms with E-state index < -0.39 is 22.2 Å². The summed E-state index contributed by atoms with van der Waals surface area (Å²) in [5.74, 6) is 0.630. The van der Waals surface area contributed by atoms with E-state index in [0.29, 0.717) is 0 Å². The molecule has 0 saturated heterocycles. The fourth-order valence-corrected chi connectivity index (χ4v) is 7.99. The highest BCUT2D eigenvalue weighted by molar-refractivity contribution is 6.74. The van der Waals surface area contributed by atoms with E-state index in [1.165, 1.54) is 36.8 Å². The highest BCUT2D eigenvalue weighted by Gasteiger charge is 2.48. The Kier molecular flexibility index (Phi) is 11.0. The largest absolute Gasteiger partial charge is 0.417 e. The highest BCUT2D eigenvalue weighted by Crippen LogP contribution is 2.47. The Balaban J connectivity index is 1.80. The summed E-state index contributed by atoms with van der Waals surface area (Å²) in [4.78, 5) is 0. The molecule has 1 N–H and O–H groups in total. The minimum absolute atomic E-state index is 0.105. The number of allylic oxidation sites excluding steroid dienone is 1. The van der Waals surface area contributed by atoms with Gasteiger partial charge in [0.25, 0.3) is 0 Å². The van der Waals surface area contributed by atoms with Crippen LogP contribution < -0.4 is 0 Å². The number of aliphatic hydroxyl groups is 1. The molecule has 0 heterocycles. The van der Waals surface area contributed by atoms with Crippen molar-refractivity contribution in [2.24, 2.45) is 5.92 Å². The first-order valence-electron chi connectivity index (χ1n) is 16.0. The second kappa shape index (κ2) is 13.1. The van der Waals surface area contributed by atoms with Crippen LogP contribution in [0.4, 0.5) is 0 Å². The first-order chi connectivity index (χ1) is 18.5.